The lowest BCUT2D eigenvalue weighted by atomic mass is 9.99. The first-order valence-electron chi connectivity index (χ1n) is 7.18. The van der Waals surface area contributed by atoms with Gasteiger partial charge in [0, 0.05) is 6.04 Å². The zero-order valence-corrected chi connectivity index (χ0v) is 11.9. The zero-order chi connectivity index (χ0) is 13.7. The quantitative estimate of drug-likeness (QED) is 0.849. The van der Waals surface area contributed by atoms with E-state index in [2.05, 4.69) is 41.8 Å². The number of carbonyl (C=O) groups excluding carboxylic acids is 1. The van der Waals surface area contributed by atoms with Crippen LogP contribution in [0.15, 0.2) is 24.3 Å². The van der Waals surface area contributed by atoms with Crippen LogP contribution in [0.4, 0.5) is 0 Å². The predicted molar refractivity (Wildman–Crippen MR) is 78.4 cm³/mol. The summed E-state index contributed by atoms with van der Waals surface area (Å²) in [6.45, 7) is 5.87. The van der Waals surface area contributed by atoms with Gasteiger partial charge in [-0.3, -0.25) is 4.79 Å². The highest BCUT2D eigenvalue weighted by atomic mass is 16.1. The second-order valence-electron chi connectivity index (χ2n) is 5.54. The third kappa shape index (κ3) is 4.44. The van der Waals surface area contributed by atoms with E-state index in [1.165, 1.54) is 11.1 Å². The molecule has 1 heterocycles. The lowest BCUT2D eigenvalue weighted by Gasteiger charge is -2.28. The maximum Gasteiger partial charge on any atom is 0.147 e. The van der Waals surface area contributed by atoms with E-state index in [1.807, 2.05) is 0 Å². The smallest absolute Gasteiger partial charge is 0.147 e. The summed E-state index contributed by atoms with van der Waals surface area (Å²) < 4.78 is 0. The highest BCUT2D eigenvalue weighted by Crippen LogP contribution is 2.10. The van der Waals surface area contributed by atoms with Crippen molar-refractivity contribution in [2.24, 2.45) is 0 Å². The fraction of sp³-hybridized carbons (Fsp3) is 0.562. The van der Waals surface area contributed by atoms with Crippen LogP contribution in [-0.2, 0) is 11.2 Å². The van der Waals surface area contributed by atoms with Gasteiger partial charge in [-0.1, -0.05) is 29.8 Å². The number of ketones is 1. The molecule has 0 aliphatic carbocycles. The highest BCUT2D eigenvalue weighted by molar-refractivity contribution is 5.81. The number of hydrogen-bond donors (Lipinski definition) is 2. The van der Waals surface area contributed by atoms with E-state index in [1.54, 1.807) is 6.92 Å². The molecule has 0 spiro atoms. The van der Waals surface area contributed by atoms with Gasteiger partial charge in [-0.25, -0.2) is 0 Å². The Labute approximate surface area is 115 Å². The van der Waals surface area contributed by atoms with Crippen molar-refractivity contribution in [2.45, 2.75) is 45.2 Å². The fourth-order valence-corrected chi connectivity index (χ4v) is 2.55. The Morgan fingerprint density at radius 2 is 1.95 bits per heavy atom. The van der Waals surface area contributed by atoms with Gasteiger partial charge < -0.3 is 10.6 Å². The summed E-state index contributed by atoms with van der Waals surface area (Å²) >= 11 is 0. The highest BCUT2D eigenvalue weighted by Gasteiger charge is 2.20. The van der Waals surface area contributed by atoms with Crippen LogP contribution < -0.4 is 10.6 Å². The fourth-order valence-electron chi connectivity index (χ4n) is 2.55. The van der Waals surface area contributed by atoms with Crippen LogP contribution >= 0.6 is 0 Å². The molecule has 1 aromatic rings. The van der Waals surface area contributed by atoms with Crippen LogP contribution in [0.3, 0.4) is 0 Å². The Balaban J connectivity index is 1.95. The molecule has 19 heavy (non-hydrogen) atoms. The number of aryl methyl sites for hydroxylation is 1. The number of rotatable bonds is 5. The van der Waals surface area contributed by atoms with E-state index in [0.29, 0.717) is 6.04 Å². The monoisotopic (exact) mass is 260 g/mol. The SMILES string of the molecule is CC(=O)[C@@H](Cc1ccc(C)cc1)NC1CCNCC1. The Bertz CT molecular complexity index is 407. The second kappa shape index (κ2) is 6.83. The van der Waals surface area contributed by atoms with Gasteiger partial charge >= 0.3 is 0 Å². The zero-order valence-electron chi connectivity index (χ0n) is 11.9. The Morgan fingerprint density at radius 1 is 1.32 bits per heavy atom. The van der Waals surface area contributed by atoms with E-state index < -0.39 is 0 Å². The summed E-state index contributed by atoms with van der Waals surface area (Å²) in [4.78, 5) is 11.8. The minimum atomic E-state index is -0.0502. The largest absolute Gasteiger partial charge is 0.317 e. The standard InChI is InChI=1S/C16H24N2O/c1-12-3-5-14(6-4-12)11-16(13(2)19)18-15-7-9-17-10-8-15/h3-6,15-18H,7-11H2,1-2H3/t16-/m1/s1. The number of piperidine rings is 1. The van der Waals surface area contributed by atoms with Gasteiger partial charge in [0.05, 0.1) is 6.04 Å². The molecule has 1 fully saturated rings. The summed E-state index contributed by atoms with van der Waals surface area (Å²) in [5.41, 5.74) is 2.49. The first-order valence-corrected chi connectivity index (χ1v) is 7.18. The van der Waals surface area contributed by atoms with Crippen LogP contribution in [0.1, 0.15) is 30.9 Å². The lowest BCUT2D eigenvalue weighted by molar-refractivity contribution is -0.119. The summed E-state index contributed by atoms with van der Waals surface area (Å²) in [6, 6.07) is 8.88. The van der Waals surface area contributed by atoms with Crippen molar-refractivity contribution in [3.05, 3.63) is 35.4 Å². The molecular formula is C16H24N2O. The van der Waals surface area contributed by atoms with Gasteiger partial charge in [0.25, 0.3) is 0 Å². The van der Waals surface area contributed by atoms with Crippen LogP contribution in [0.2, 0.25) is 0 Å². The summed E-state index contributed by atoms with van der Waals surface area (Å²) in [5, 5.41) is 6.88. The second-order valence-corrected chi connectivity index (χ2v) is 5.54. The van der Waals surface area contributed by atoms with Crippen LogP contribution in [-0.4, -0.2) is 31.0 Å². The van der Waals surface area contributed by atoms with Crippen molar-refractivity contribution in [2.75, 3.05) is 13.1 Å². The third-order valence-electron chi connectivity index (χ3n) is 3.83. The van der Waals surface area contributed by atoms with E-state index in [4.69, 9.17) is 0 Å². The molecule has 0 unspecified atom stereocenters. The molecule has 1 aliphatic rings. The third-order valence-corrected chi connectivity index (χ3v) is 3.83. The van der Waals surface area contributed by atoms with Crippen molar-refractivity contribution in [1.29, 1.82) is 0 Å². The minimum absolute atomic E-state index is 0.0502. The van der Waals surface area contributed by atoms with Gasteiger partial charge in [-0.05, 0) is 51.8 Å². The van der Waals surface area contributed by atoms with Crippen molar-refractivity contribution in [1.82, 2.24) is 10.6 Å². The summed E-state index contributed by atoms with van der Waals surface area (Å²) in [7, 11) is 0. The molecule has 2 rings (SSSR count). The maximum atomic E-state index is 11.8. The van der Waals surface area contributed by atoms with Crippen LogP contribution in [0.5, 0.6) is 0 Å². The van der Waals surface area contributed by atoms with Crippen LogP contribution in [0.25, 0.3) is 0 Å². The molecule has 0 radical (unpaired) electrons. The van der Waals surface area contributed by atoms with Crippen molar-refractivity contribution in [3.8, 4) is 0 Å². The van der Waals surface area contributed by atoms with Crippen LogP contribution in [0, 0.1) is 6.92 Å². The minimum Gasteiger partial charge on any atom is -0.317 e. The average Bonchev–Trinajstić information content (AvgIpc) is 2.41. The maximum absolute atomic E-state index is 11.8. The molecule has 0 saturated carbocycles. The molecule has 3 nitrogen and oxygen atoms in total. The first-order chi connectivity index (χ1) is 9.15. The molecule has 1 aromatic carbocycles. The first kappa shape index (κ1) is 14.2. The van der Waals surface area contributed by atoms with Crippen molar-refractivity contribution in [3.63, 3.8) is 0 Å². The van der Waals surface area contributed by atoms with E-state index in [9.17, 15) is 4.79 Å². The lowest BCUT2D eigenvalue weighted by Crippen LogP contribution is -2.48. The normalized spacial score (nSPS) is 18.2. The van der Waals surface area contributed by atoms with Gasteiger partial charge in [0.2, 0.25) is 0 Å². The Morgan fingerprint density at radius 3 is 2.53 bits per heavy atom. The Hall–Kier alpha value is -1.19. The molecule has 1 aliphatic heterocycles. The number of benzene rings is 1. The molecule has 0 amide bonds. The molecule has 0 aromatic heterocycles. The number of hydrogen-bond acceptors (Lipinski definition) is 3. The molecule has 1 saturated heterocycles. The summed E-state index contributed by atoms with van der Waals surface area (Å²) in [5.74, 6) is 0.235. The van der Waals surface area contributed by atoms with E-state index >= 15 is 0 Å². The molecule has 2 N–H and O–H groups in total. The topological polar surface area (TPSA) is 41.1 Å². The average molecular weight is 260 g/mol. The van der Waals surface area contributed by atoms with E-state index in [0.717, 1.165) is 32.4 Å². The van der Waals surface area contributed by atoms with Gasteiger partial charge in [-0.15, -0.1) is 0 Å². The summed E-state index contributed by atoms with van der Waals surface area (Å²) in [6.07, 6.45) is 3.01. The molecule has 1 atom stereocenters. The Kier molecular flexibility index (Phi) is 5.11. The molecular weight excluding hydrogens is 236 g/mol. The molecule has 3 heteroatoms. The predicted octanol–water partition coefficient (Wildman–Crippen LogP) is 1.84. The van der Waals surface area contributed by atoms with Crippen molar-refractivity contribution < 1.29 is 4.79 Å². The molecule has 104 valence electrons. The van der Waals surface area contributed by atoms with Gasteiger partial charge in [0.15, 0.2) is 0 Å². The van der Waals surface area contributed by atoms with Gasteiger partial charge in [0.1, 0.15) is 5.78 Å². The number of carbonyl (C=O) groups is 1. The number of Topliss-reactive ketones (excluding diaryl/α,β-unsaturated/α-hetero) is 1. The molecule has 0 bridgehead atoms. The van der Waals surface area contributed by atoms with Gasteiger partial charge in [-0.2, -0.15) is 0 Å². The van der Waals surface area contributed by atoms with Crippen molar-refractivity contribution >= 4 is 5.78 Å². The van der Waals surface area contributed by atoms with E-state index in [-0.39, 0.29) is 11.8 Å². The number of nitrogens with one attached hydrogen (secondary N) is 2.